The van der Waals surface area contributed by atoms with Gasteiger partial charge in [-0.3, -0.25) is 9.59 Å². The number of carbonyl (C=O) groups is 2. The van der Waals surface area contributed by atoms with Crippen LogP contribution in [0.25, 0.3) is 0 Å². The molecule has 0 atom stereocenters. The van der Waals surface area contributed by atoms with Gasteiger partial charge in [-0.15, -0.1) is 6.58 Å². The predicted molar refractivity (Wildman–Crippen MR) is 89.4 cm³/mol. The van der Waals surface area contributed by atoms with Crippen molar-refractivity contribution in [3.8, 4) is 5.75 Å². The minimum atomic E-state index is -0.315. The van der Waals surface area contributed by atoms with Crippen LogP contribution in [0.5, 0.6) is 5.75 Å². The molecule has 1 aromatic rings. The second-order valence-corrected chi connectivity index (χ2v) is 5.24. The summed E-state index contributed by atoms with van der Waals surface area (Å²) in [4.78, 5) is 25.2. The van der Waals surface area contributed by atoms with Crippen molar-refractivity contribution in [1.29, 1.82) is 0 Å². The van der Waals surface area contributed by atoms with Crippen LogP contribution >= 0.6 is 0 Å². The number of hydrogen-bond donors (Lipinski definition) is 0. The maximum absolute atomic E-state index is 12.3. The maximum Gasteiger partial charge on any atom is 0.307 e. The van der Waals surface area contributed by atoms with E-state index in [2.05, 4.69) is 6.58 Å². The van der Waals surface area contributed by atoms with Gasteiger partial charge >= 0.3 is 5.97 Å². The third-order valence-electron chi connectivity index (χ3n) is 3.29. The highest BCUT2D eigenvalue weighted by molar-refractivity contribution is 5.79. The highest BCUT2D eigenvalue weighted by atomic mass is 16.5. The molecule has 5 heteroatoms. The molecule has 126 valence electrons. The fourth-order valence-electron chi connectivity index (χ4n) is 2.03. The Hall–Kier alpha value is -2.30. The molecular weight excluding hydrogens is 294 g/mol. The smallest absolute Gasteiger partial charge is 0.307 e. The highest BCUT2D eigenvalue weighted by Gasteiger charge is 2.15. The number of rotatable bonds is 9. The summed E-state index contributed by atoms with van der Waals surface area (Å²) in [6.45, 7) is 10.2. The van der Waals surface area contributed by atoms with Gasteiger partial charge in [0, 0.05) is 13.1 Å². The van der Waals surface area contributed by atoms with E-state index in [1.807, 2.05) is 32.0 Å². The zero-order valence-corrected chi connectivity index (χ0v) is 14.1. The molecule has 0 fully saturated rings. The van der Waals surface area contributed by atoms with Crippen LogP contribution in [0, 0.1) is 13.8 Å². The van der Waals surface area contributed by atoms with E-state index in [0.29, 0.717) is 25.4 Å². The van der Waals surface area contributed by atoms with Crippen molar-refractivity contribution in [3.05, 3.63) is 42.0 Å². The van der Waals surface area contributed by atoms with Gasteiger partial charge in [0.2, 0.25) is 0 Å². The number of esters is 1. The van der Waals surface area contributed by atoms with E-state index in [0.717, 1.165) is 11.1 Å². The topological polar surface area (TPSA) is 55.8 Å². The van der Waals surface area contributed by atoms with E-state index >= 15 is 0 Å². The van der Waals surface area contributed by atoms with Crippen LogP contribution in [0.3, 0.4) is 0 Å². The number of carbonyl (C=O) groups excluding carboxylic acids is 2. The van der Waals surface area contributed by atoms with E-state index in [1.165, 1.54) is 4.90 Å². The van der Waals surface area contributed by atoms with Crippen LogP contribution in [0.2, 0.25) is 0 Å². The van der Waals surface area contributed by atoms with Gasteiger partial charge in [-0.25, -0.2) is 0 Å². The first kappa shape index (κ1) is 18.7. The van der Waals surface area contributed by atoms with Gasteiger partial charge in [0.1, 0.15) is 5.75 Å². The molecule has 0 N–H and O–H groups in total. The summed E-state index contributed by atoms with van der Waals surface area (Å²) in [6, 6.07) is 5.85. The molecule has 0 unspecified atom stereocenters. The number of hydrogen-bond acceptors (Lipinski definition) is 4. The molecule has 0 aliphatic heterocycles. The summed E-state index contributed by atoms with van der Waals surface area (Å²) in [6.07, 6.45) is 1.79. The van der Waals surface area contributed by atoms with Crippen LogP contribution in [0.1, 0.15) is 24.5 Å². The molecule has 0 aromatic heterocycles. The summed E-state index contributed by atoms with van der Waals surface area (Å²) in [5, 5.41) is 0. The average molecular weight is 319 g/mol. The van der Waals surface area contributed by atoms with Crippen molar-refractivity contribution in [1.82, 2.24) is 4.90 Å². The largest absolute Gasteiger partial charge is 0.483 e. The van der Waals surface area contributed by atoms with Crippen molar-refractivity contribution >= 4 is 11.9 Å². The van der Waals surface area contributed by atoms with Gasteiger partial charge in [-0.2, -0.15) is 0 Å². The Bertz CT molecular complexity index is 554. The lowest BCUT2D eigenvalue weighted by Gasteiger charge is -2.21. The van der Waals surface area contributed by atoms with Crippen LogP contribution in [-0.2, 0) is 14.3 Å². The zero-order chi connectivity index (χ0) is 17.2. The van der Waals surface area contributed by atoms with Crippen molar-refractivity contribution in [2.24, 2.45) is 0 Å². The fraction of sp³-hybridized carbons (Fsp3) is 0.444. The molecule has 1 aromatic carbocycles. The third-order valence-corrected chi connectivity index (χ3v) is 3.29. The van der Waals surface area contributed by atoms with E-state index in [-0.39, 0.29) is 24.9 Å². The molecule has 0 saturated heterocycles. The van der Waals surface area contributed by atoms with Crippen molar-refractivity contribution in [2.75, 3.05) is 26.3 Å². The lowest BCUT2D eigenvalue weighted by molar-refractivity contribution is -0.144. The van der Waals surface area contributed by atoms with Crippen LogP contribution in [-0.4, -0.2) is 43.1 Å². The Morgan fingerprint density at radius 1 is 1.30 bits per heavy atom. The lowest BCUT2D eigenvalue weighted by atomic mass is 10.1. The van der Waals surface area contributed by atoms with Gasteiger partial charge in [-0.1, -0.05) is 18.2 Å². The Kier molecular flexibility index (Phi) is 7.88. The number of aryl methyl sites for hydroxylation is 2. The molecule has 0 heterocycles. The number of nitrogens with zero attached hydrogens (tertiary/aromatic N) is 1. The summed E-state index contributed by atoms with van der Waals surface area (Å²) < 4.78 is 10.5. The third kappa shape index (κ3) is 6.55. The molecule has 23 heavy (non-hydrogen) atoms. The minimum Gasteiger partial charge on any atom is -0.483 e. The summed E-state index contributed by atoms with van der Waals surface area (Å²) in [7, 11) is 0. The lowest BCUT2D eigenvalue weighted by Crippen LogP contribution is -2.36. The average Bonchev–Trinajstić information content (AvgIpc) is 2.52. The van der Waals surface area contributed by atoms with Crippen molar-refractivity contribution in [3.63, 3.8) is 0 Å². The predicted octanol–water partition coefficient (Wildman–Crippen LogP) is 2.65. The zero-order valence-electron chi connectivity index (χ0n) is 14.1. The molecule has 0 saturated carbocycles. The maximum atomic E-state index is 12.3. The summed E-state index contributed by atoms with van der Waals surface area (Å²) in [5.74, 6) is 0.196. The van der Waals surface area contributed by atoms with E-state index in [4.69, 9.17) is 9.47 Å². The number of amides is 1. The van der Waals surface area contributed by atoms with Gasteiger partial charge in [0.05, 0.1) is 13.0 Å². The Labute approximate surface area is 137 Å². The summed E-state index contributed by atoms with van der Waals surface area (Å²) in [5.41, 5.74) is 2.05. The normalized spacial score (nSPS) is 10.0. The van der Waals surface area contributed by atoms with Crippen LogP contribution < -0.4 is 4.74 Å². The van der Waals surface area contributed by atoms with Crippen LogP contribution in [0.4, 0.5) is 0 Å². The van der Waals surface area contributed by atoms with E-state index < -0.39 is 0 Å². The quantitative estimate of drug-likeness (QED) is 0.519. The van der Waals surface area contributed by atoms with Gasteiger partial charge < -0.3 is 14.4 Å². The number of ether oxygens (including phenoxy) is 2. The molecule has 0 spiro atoms. The van der Waals surface area contributed by atoms with Crippen molar-refractivity contribution < 1.29 is 19.1 Å². The van der Waals surface area contributed by atoms with Crippen molar-refractivity contribution in [2.45, 2.75) is 27.2 Å². The van der Waals surface area contributed by atoms with Crippen LogP contribution in [0.15, 0.2) is 30.9 Å². The van der Waals surface area contributed by atoms with Gasteiger partial charge in [-0.05, 0) is 38.0 Å². The highest BCUT2D eigenvalue weighted by Crippen LogP contribution is 2.19. The Morgan fingerprint density at radius 3 is 2.70 bits per heavy atom. The SMILES string of the molecule is C=CCN(CCC(=O)OCC)C(=O)COc1cc(C)ccc1C. The molecule has 0 radical (unpaired) electrons. The molecule has 1 amide bonds. The fourth-order valence-corrected chi connectivity index (χ4v) is 2.03. The Morgan fingerprint density at radius 2 is 2.04 bits per heavy atom. The van der Waals surface area contributed by atoms with E-state index in [9.17, 15) is 9.59 Å². The molecule has 0 bridgehead atoms. The summed E-state index contributed by atoms with van der Waals surface area (Å²) >= 11 is 0. The Balaban J connectivity index is 2.58. The molecule has 5 nitrogen and oxygen atoms in total. The first-order chi connectivity index (χ1) is 11.0. The monoisotopic (exact) mass is 319 g/mol. The molecule has 0 aliphatic carbocycles. The minimum absolute atomic E-state index is 0.0685. The standard InChI is InChI=1S/C18H25NO4/c1-5-10-19(11-9-18(21)22-6-2)17(20)13-23-16-12-14(3)7-8-15(16)4/h5,7-8,12H,1,6,9-11,13H2,2-4H3. The van der Waals surface area contributed by atoms with E-state index in [1.54, 1.807) is 13.0 Å². The second kappa shape index (κ2) is 9.66. The molecule has 0 aliphatic rings. The molecule has 1 rings (SSSR count). The molecular formula is C18H25NO4. The van der Waals surface area contributed by atoms with Gasteiger partial charge in [0.25, 0.3) is 5.91 Å². The first-order valence-electron chi connectivity index (χ1n) is 7.72. The number of benzene rings is 1. The van der Waals surface area contributed by atoms with Gasteiger partial charge in [0.15, 0.2) is 6.61 Å². The first-order valence-corrected chi connectivity index (χ1v) is 7.72. The second-order valence-electron chi connectivity index (χ2n) is 5.24.